The molecule has 0 bridgehead atoms. The number of nitrogens with two attached hydrogens (primary N) is 2. The summed E-state index contributed by atoms with van der Waals surface area (Å²) in [5.74, 6) is 0.915. The Labute approximate surface area is 82.4 Å². The van der Waals surface area contributed by atoms with Crippen LogP contribution in [0.25, 0.3) is 11.1 Å². The molecule has 0 saturated carbocycles. The highest BCUT2D eigenvalue weighted by Crippen LogP contribution is 2.24. The summed E-state index contributed by atoms with van der Waals surface area (Å²) in [5, 5.41) is 0. The van der Waals surface area contributed by atoms with Crippen molar-refractivity contribution in [3.05, 3.63) is 42.5 Å². The van der Waals surface area contributed by atoms with E-state index in [-0.39, 0.29) is 0 Å². The first kappa shape index (κ1) is 8.56. The number of aromatic nitrogens is 1. The van der Waals surface area contributed by atoms with Crippen LogP contribution in [-0.4, -0.2) is 4.98 Å². The maximum atomic E-state index is 5.76. The molecule has 3 heteroatoms. The fraction of sp³-hybridized carbons (Fsp3) is 0. The van der Waals surface area contributed by atoms with Crippen molar-refractivity contribution in [3.8, 4) is 11.1 Å². The molecule has 0 amide bonds. The number of nitrogen functional groups attached to an aromatic ring is 2. The summed E-state index contributed by atoms with van der Waals surface area (Å²) < 4.78 is 0. The third-order valence-corrected chi connectivity index (χ3v) is 2.03. The lowest BCUT2D eigenvalue weighted by Crippen LogP contribution is -1.97. The minimum atomic E-state index is 0.446. The van der Waals surface area contributed by atoms with Crippen molar-refractivity contribution < 1.29 is 0 Å². The highest BCUT2D eigenvalue weighted by Gasteiger charge is 2.02. The molecule has 1 aromatic heterocycles. The zero-order valence-corrected chi connectivity index (χ0v) is 7.64. The molecule has 0 saturated heterocycles. The van der Waals surface area contributed by atoms with Gasteiger partial charge in [0.1, 0.15) is 11.6 Å². The molecule has 3 nitrogen and oxygen atoms in total. The number of anilines is 2. The molecular weight excluding hydrogens is 174 g/mol. The Bertz CT molecular complexity index is 438. The summed E-state index contributed by atoms with van der Waals surface area (Å²) in [6, 6.07) is 13.5. The highest BCUT2D eigenvalue weighted by atomic mass is 14.9. The van der Waals surface area contributed by atoms with E-state index in [1.807, 2.05) is 36.4 Å². The smallest absolute Gasteiger partial charge is 0.133 e. The van der Waals surface area contributed by atoms with Crippen molar-refractivity contribution in [2.75, 3.05) is 11.5 Å². The number of pyridine rings is 1. The monoisotopic (exact) mass is 185 g/mol. The molecule has 0 aliphatic carbocycles. The predicted molar refractivity (Wildman–Crippen MR) is 58.5 cm³/mol. The molecule has 1 aromatic carbocycles. The van der Waals surface area contributed by atoms with E-state index >= 15 is 0 Å². The van der Waals surface area contributed by atoms with E-state index in [1.165, 1.54) is 0 Å². The van der Waals surface area contributed by atoms with Crippen molar-refractivity contribution in [2.45, 2.75) is 0 Å². The van der Waals surface area contributed by atoms with Crippen LogP contribution in [0.2, 0.25) is 0 Å². The molecule has 70 valence electrons. The van der Waals surface area contributed by atoms with Gasteiger partial charge in [-0.2, -0.15) is 0 Å². The Kier molecular flexibility index (Phi) is 2.07. The lowest BCUT2D eigenvalue weighted by molar-refractivity contribution is 1.34. The number of nitrogens with zero attached hydrogens (tertiary/aromatic N) is 1. The van der Waals surface area contributed by atoms with Gasteiger partial charge >= 0.3 is 0 Å². The minimum absolute atomic E-state index is 0.446. The van der Waals surface area contributed by atoms with Crippen molar-refractivity contribution in [2.24, 2.45) is 0 Å². The van der Waals surface area contributed by atoms with E-state index in [0.29, 0.717) is 11.6 Å². The molecule has 0 atom stereocenters. The summed E-state index contributed by atoms with van der Waals surface area (Å²) in [5.41, 5.74) is 13.2. The molecule has 2 rings (SSSR count). The Morgan fingerprint density at radius 3 is 2.21 bits per heavy atom. The fourth-order valence-corrected chi connectivity index (χ4v) is 1.35. The maximum absolute atomic E-state index is 5.76. The Hall–Kier alpha value is -2.03. The van der Waals surface area contributed by atoms with Crippen molar-refractivity contribution in [1.29, 1.82) is 0 Å². The molecule has 0 radical (unpaired) electrons. The average Bonchev–Trinajstić information content (AvgIpc) is 2.19. The van der Waals surface area contributed by atoms with Crippen LogP contribution in [0.1, 0.15) is 0 Å². The summed E-state index contributed by atoms with van der Waals surface area (Å²) in [6.07, 6.45) is 0. The summed E-state index contributed by atoms with van der Waals surface area (Å²) in [4.78, 5) is 4.01. The van der Waals surface area contributed by atoms with Gasteiger partial charge in [-0.3, -0.25) is 0 Å². The molecule has 4 N–H and O–H groups in total. The predicted octanol–water partition coefficient (Wildman–Crippen LogP) is 1.91. The van der Waals surface area contributed by atoms with E-state index in [2.05, 4.69) is 4.98 Å². The van der Waals surface area contributed by atoms with E-state index in [9.17, 15) is 0 Å². The van der Waals surface area contributed by atoms with Crippen LogP contribution in [-0.2, 0) is 0 Å². The maximum Gasteiger partial charge on any atom is 0.133 e. The van der Waals surface area contributed by atoms with Crippen LogP contribution in [0.3, 0.4) is 0 Å². The van der Waals surface area contributed by atoms with E-state index in [0.717, 1.165) is 11.1 Å². The fourth-order valence-electron chi connectivity index (χ4n) is 1.35. The molecule has 0 unspecified atom stereocenters. The Morgan fingerprint density at radius 1 is 0.857 bits per heavy atom. The van der Waals surface area contributed by atoms with Gasteiger partial charge < -0.3 is 11.5 Å². The molecule has 0 spiro atoms. The number of hydrogen-bond acceptors (Lipinski definition) is 3. The van der Waals surface area contributed by atoms with Crippen LogP contribution in [0.5, 0.6) is 0 Å². The van der Waals surface area contributed by atoms with Crippen LogP contribution in [0.4, 0.5) is 11.6 Å². The first-order valence-electron chi connectivity index (χ1n) is 4.35. The van der Waals surface area contributed by atoms with Gasteiger partial charge in [0.2, 0.25) is 0 Å². The Morgan fingerprint density at radius 2 is 1.57 bits per heavy atom. The van der Waals surface area contributed by atoms with E-state index in [4.69, 9.17) is 11.5 Å². The van der Waals surface area contributed by atoms with E-state index < -0.39 is 0 Å². The average molecular weight is 185 g/mol. The first-order chi connectivity index (χ1) is 6.77. The largest absolute Gasteiger partial charge is 0.384 e. The van der Waals surface area contributed by atoms with Crippen molar-refractivity contribution >= 4 is 11.6 Å². The zero-order valence-electron chi connectivity index (χ0n) is 7.64. The molecule has 0 fully saturated rings. The molecule has 1 heterocycles. The van der Waals surface area contributed by atoms with Gasteiger partial charge in [-0.1, -0.05) is 30.3 Å². The number of rotatable bonds is 1. The summed E-state index contributed by atoms with van der Waals surface area (Å²) in [6.45, 7) is 0. The second-order valence-electron chi connectivity index (χ2n) is 3.03. The first-order valence-corrected chi connectivity index (χ1v) is 4.35. The number of hydrogen-bond donors (Lipinski definition) is 2. The second-order valence-corrected chi connectivity index (χ2v) is 3.03. The SMILES string of the molecule is Nc1ccc(-c2ccccc2)c(N)n1. The van der Waals surface area contributed by atoms with Gasteiger partial charge in [0.05, 0.1) is 0 Å². The van der Waals surface area contributed by atoms with Gasteiger partial charge in [0, 0.05) is 5.56 Å². The number of benzene rings is 1. The van der Waals surface area contributed by atoms with Crippen LogP contribution in [0.15, 0.2) is 42.5 Å². The molecule has 0 aliphatic rings. The standard InChI is InChI=1S/C11H11N3/c12-10-7-6-9(11(13)14-10)8-4-2-1-3-5-8/h1-7H,(H4,12,13,14). The molecule has 14 heavy (non-hydrogen) atoms. The van der Waals surface area contributed by atoms with Crippen LogP contribution in [0, 0.1) is 0 Å². The lowest BCUT2D eigenvalue weighted by atomic mass is 10.1. The van der Waals surface area contributed by atoms with Gasteiger partial charge in [0.25, 0.3) is 0 Å². The lowest BCUT2D eigenvalue weighted by Gasteiger charge is -2.04. The van der Waals surface area contributed by atoms with Gasteiger partial charge in [-0.05, 0) is 17.7 Å². The van der Waals surface area contributed by atoms with Gasteiger partial charge in [-0.15, -0.1) is 0 Å². The van der Waals surface area contributed by atoms with Crippen LogP contribution < -0.4 is 11.5 Å². The van der Waals surface area contributed by atoms with Gasteiger partial charge in [0.15, 0.2) is 0 Å². The zero-order chi connectivity index (χ0) is 9.97. The molecular formula is C11H11N3. The Balaban J connectivity index is 2.53. The quantitative estimate of drug-likeness (QED) is 0.713. The van der Waals surface area contributed by atoms with E-state index in [1.54, 1.807) is 6.07 Å². The second kappa shape index (κ2) is 3.38. The van der Waals surface area contributed by atoms with Crippen molar-refractivity contribution in [1.82, 2.24) is 4.98 Å². The molecule has 2 aromatic rings. The minimum Gasteiger partial charge on any atom is -0.384 e. The van der Waals surface area contributed by atoms with Crippen molar-refractivity contribution in [3.63, 3.8) is 0 Å². The summed E-state index contributed by atoms with van der Waals surface area (Å²) >= 11 is 0. The van der Waals surface area contributed by atoms with Gasteiger partial charge in [-0.25, -0.2) is 4.98 Å². The van der Waals surface area contributed by atoms with Crippen LogP contribution >= 0.6 is 0 Å². The molecule has 0 aliphatic heterocycles. The topological polar surface area (TPSA) is 64.9 Å². The third kappa shape index (κ3) is 1.52. The normalized spacial score (nSPS) is 10.0. The highest BCUT2D eigenvalue weighted by molar-refractivity contribution is 5.74. The third-order valence-electron chi connectivity index (χ3n) is 2.03. The summed E-state index contributed by atoms with van der Waals surface area (Å²) in [7, 11) is 0.